The fraction of sp³-hybridized carbons (Fsp3) is 0.731. The zero-order chi connectivity index (χ0) is 21.1. The predicted octanol–water partition coefficient (Wildman–Crippen LogP) is 3.98. The lowest BCUT2D eigenvalue weighted by molar-refractivity contribution is -0.161. The molecular formula is C26H38N2O3. The molecule has 0 atom stereocenters. The standard InChI is InChI=1S/C15H21NO.C11H17NO2/c1-2-4-15(17-11-12-5-6-12)14(3-1)13-7-9-16-10-8-13;13-10(9-5-14-6-9)12-7-11(8-12)3-1-2-4-11/h1-4,12-13,16H,5-11H2;9H,1-8H2. The van der Waals surface area contributed by atoms with Gasteiger partial charge in [0.1, 0.15) is 5.75 Å². The third-order valence-corrected chi connectivity index (χ3v) is 7.89. The molecule has 5 nitrogen and oxygen atoms in total. The zero-order valence-electron chi connectivity index (χ0n) is 18.8. The quantitative estimate of drug-likeness (QED) is 0.774. The molecule has 5 heteroatoms. The smallest absolute Gasteiger partial charge is 0.230 e. The van der Waals surface area contributed by atoms with Crippen LogP contribution in [0.4, 0.5) is 0 Å². The van der Waals surface area contributed by atoms with Gasteiger partial charge in [0.2, 0.25) is 5.91 Å². The van der Waals surface area contributed by atoms with E-state index in [2.05, 4.69) is 29.6 Å². The number of rotatable bonds is 5. The van der Waals surface area contributed by atoms with Crippen LogP contribution in [0.1, 0.15) is 62.8 Å². The van der Waals surface area contributed by atoms with Gasteiger partial charge in [-0.05, 0) is 75.1 Å². The first-order chi connectivity index (χ1) is 15.2. The van der Waals surface area contributed by atoms with Crippen LogP contribution in [-0.4, -0.2) is 56.8 Å². The Bertz CT molecular complexity index is 739. The Hall–Kier alpha value is -1.59. The third kappa shape index (κ3) is 5.09. The monoisotopic (exact) mass is 426 g/mol. The summed E-state index contributed by atoms with van der Waals surface area (Å²) in [5.41, 5.74) is 1.97. The van der Waals surface area contributed by atoms with Gasteiger partial charge in [-0.15, -0.1) is 0 Å². The second kappa shape index (κ2) is 9.50. The van der Waals surface area contributed by atoms with Crippen molar-refractivity contribution < 1.29 is 14.3 Å². The average Bonchev–Trinajstić information content (AvgIpc) is 3.44. The Balaban J connectivity index is 0.000000134. The van der Waals surface area contributed by atoms with Crippen molar-refractivity contribution in [1.29, 1.82) is 0 Å². The van der Waals surface area contributed by atoms with Gasteiger partial charge < -0.3 is 19.7 Å². The number of carbonyl (C=O) groups is 1. The number of nitrogens with zero attached hydrogens (tertiary/aromatic N) is 1. The Morgan fingerprint density at radius 3 is 2.42 bits per heavy atom. The van der Waals surface area contributed by atoms with Crippen LogP contribution < -0.4 is 10.1 Å². The van der Waals surface area contributed by atoms with Gasteiger partial charge in [0.25, 0.3) is 0 Å². The molecule has 31 heavy (non-hydrogen) atoms. The maximum absolute atomic E-state index is 11.8. The highest BCUT2D eigenvalue weighted by atomic mass is 16.5. The highest BCUT2D eigenvalue weighted by Crippen LogP contribution is 2.46. The molecule has 0 aromatic heterocycles. The molecule has 3 heterocycles. The normalized spacial score (nSPS) is 25.4. The van der Waals surface area contributed by atoms with Crippen molar-refractivity contribution in [2.75, 3.05) is 46.0 Å². The summed E-state index contributed by atoms with van der Waals surface area (Å²) in [6, 6.07) is 8.62. The fourth-order valence-corrected chi connectivity index (χ4v) is 5.57. The summed E-state index contributed by atoms with van der Waals surface area (Å²) < 4.78 is 11.0. The number of likely N-dealkylation sites (tertiary alicyclic amines) is 1. The minimum atomic E-state index is 0.189. The van der Waals surface area contributed by atoms with Crippen molar-refractivity contribution in [3.8, 4) is 5.75 Å². The number of piperidine rings is 1. The number of hydrogen-bond acceptors (Lipinski definition) is 4. The van der Waals surface area contributed by atoms with E-state index in [0.717, 1.165) is 44.5 Å². The van der Waals surface area contributed by atoms with E-state index in [1.165, 1.54) is 56.9 Å². The van der Waals surface area contributed by atoms with Crippen LogP contribution in [0.2, 0.25) is 0 Å². The summed E-state index contributed by atoms with van der Waals surface area (Å²) in [5, 5.41) is 3.42. The Kier molecular flexibility index (Phi) is 6.51. The molecule has 1 amide bonds. The predicted molar refractivity (Wildman–Crippen MR) is 121 cm³/mol. The summed E-state index contributed by atoms with van der Waals surface area (Å²) in [4.78, 5) is 13.8. The maximum atomic E-state index is 11.8. The van der Waals surface area contributed by atoms with Gasteiger partial charge in [-0.1, -0.05) is 31.0 Å². The van der Waals surface area contributed by atoms with Crippen molar-refractivity contribution in [2.45, 2.75) is 57.3 Å². The van der Waals surface area contributed by atoms with Gasteiger partial charge in [-0.2, -0.15) is 0 Å². The zero-order valence-corrected chi connectivity index (χ0v) is 18.8. The van der Waals surface area contributed by atoms with Crippen molar-refractivity contribution in [1.82, 2.24) is 10.2 Å². The second-order valence-electron chi connectivity index (χ2n) is 10.5. The van der Waals surface area contributed by atoms with Crippen LogP contribution in [-0.2, 0) is 9.53 Å². The molecule has 0 bridgehead atoms. The van der Waals surface area contributed by atoms with Crippen molar-refractivity contribution >= 4 is 5.91 Å². The molecule has 1 aromatic carbocycles. The number of amides is 1. The molecule has 0 radical (unpaired) electrons. The lowest BCUT2D eigenvalue weighted by atomic mass is 9.77. The molecule has 6 rings (SSSR count). The summed E-state index contributed by atoms with van der Waals surface area (Å²) in [5.74, 6) is 3.18. The number of hydrogen-bond donors (Lipinski definition) is 1. The third-order valence-electron chi connectivity index (χ3n) is 7.89. The van der Waals surface area contributed by atoms with Gasteiger partial charge in [-0.3, -0.25) is 4.79 Å². The van der Waals surface area contributed by atoms with Gasteiger partial charge >= 0.3 is 0 Å². The lowest BCUT2D eigenvalue weighted by Gasteiger charge is -2.50. The SMILES string of the molecule is O=C(C1COC1)N1CC2(CCCC2)C1.c1ccc(C2CCNCC2)c(OCC2CC2)c1. The summed E-state index contributed by atoms with van der Waals surface area (Å²) >= 11 is 0. The van der Waals surface area contributed by atoms with Gasteiger partial charge in [0.15, 0.2) is 0 Å². The molecule has 5 aliphatic rings. The Morgan fingerprint density at radius 1 is 1.06 bits per heavy atom. The fourth-order valence-electron chi connectivity index (χ4n) is 5.57. The molecule has 5 fully saturated rings. The van der Waals surface area contributed by atoms with Crippen LogP contribution in [0.5, 0.6) is 5.75 Å². The van der Waals surface area contributed by atoms with Crippen LogP contribution in [0.15, 0.2) is 24.3 Å². The molecule has 0 unspecified atom stereocenters. The van der Waals surface area contributed by atoms with Crippen LogP contribution in [0, 0.1) is 17.3 Å². The van der Waals surface area contributed by atoms with E-state index in [0.29, 0.717) is 30.5 Å². The van der Waals surface area contributed by atoms with Gasteiger partial charge in [-0.25, -0.2) is 0 Å². The van der Waals surface area contributed by atoms with E-state index in [-0.39, 0.29) is 5.92 Å². The number of ether oxygens (including phenoxy) is 2. The molecule has 1 aromatic rings. The van der Waals surface area contributed by atoms with Crippen LogP contribution in [0.3, 0.4) is 0 Å². The first kappa shape index (κ1) is 21.3. The second-order valence-corrected chi connectivity index (χ2v) is 10.5. The van der Waals surface area contributed by atoms with Crippen molar-refractivity contribution in [3.05, 3.63) is 29.8 Å². The molecule has 3 aliphatic heterocycles. The van der Waals surface area contributed by atoms with Crippen LogP contribution in [0.25, 0.3) is 0 Å². The topological polar surface area (TPSA) is 50.8 Å². The minimum absolute atomic E-state index is 0.189. The molecule has 2 saturated carbocycles. The lowest BCUT2D eigenvalue weighted by Crippen LogP contribution is -2.60. The number of benzene rings is 1. The van der Waals surface area contributed by atoms with Crippen LogP contribution >= 0.6 is 0 Å². The highest BCUT2D eigenvalue weighted by Gasteiger charge is 2.48. The molecule has 1 N–H and O–H groups in total. The summed E-state index contributed by atoms with van der Waals surface area (Å²) in [6.45, 7) is 6.57. The molecule has 1 spiro atoms. The van der Waals surface area contributed by atoms with Crippen molar-refractivity contribution in [3.63, 3.8) is 0 Å². The average molecular weight is 427 g/mol. The number of para-hydroxylation sites is 1. The van der Waals surface area contributed by atoms with Gasteiger partial charge in [0.05, 0.1) is 25.7 Å². The summed E-state index contributed by atoms with van der Waals surface area (Å²) in [6.07, 6.45) is 10.6. The van der Waals surface area contributed by atoms with Gasteiger partial charge in [0, 0.05) is 18.5 Å². The number of nitrogens with one attached hydrogen (secondary N) is 1. The van der Waals surface area contributed by atoms with E-state index >= 15 is 0 Å². The Morgan fingerprint density at radius 2 is 1.77 bits per heavy atom. The molecule has 2 aliphatic carbocycles. The van der Waals surface area contributed by atoms with E-state index in [4.69, 9.17) is 9.47 Å². The largest absolute Gasteiger partial charge is 0.493 e. The summed E-state index contributed by atoms with van der Waals surface area (Å²) in [7, 11) is 0. The minimum Gasteiger partial charge on any atom is -0.493 e. The highest BCUT2D eigenvalue weighted by molar-refractivity contribution is 5.80. The number of carbonyl (C=O) groups excluding carboxylic acids is 1. The van der Waals surface area contributed by atoms with E-state index < -0.39 is 0 Å². The molecular weight excluding hydrogens is 388 g/mol. The maximum Gasteiger partial charge on any atom is 0.230 e. The first-order valence-corrected chi connectivity index (χ1v) is 12.5. The van der Waals surface area contributed by atoms with Crippen molar-refractivity contribution in [2.24, 2.45) is 17.3 Å². The Labute approximate surface area is 186 Å². The van der Waals surface area contributed by atoms with E-state index in [1.54, 1.807) is 0 Å². The first-order valence-electron chi connectivity index (χ1n) is 12.5. The molecule has 170 valence electrons. The van der Waals surface area contributed by atoms with E-state index in [1.807, 2.05) is 4.90 Å². The molecule has 3 saturated heterocycles. The van der Waals surface area contributed by atoms with E-state index in [9.17, 15) is 4.79 Å².